The minimum atomic E-state index is 0.415. The molecule has 0 atom stereocenters. The molecule has 4 heteroatoms. The number of methoxy groups -OCH3 is 2. The summed E-state index contributed by atoms with van der Waals surface area (Å²) in [5.74, 6) is 1.10. The molecule has 0 fully saturated rings. The maximum atomic E-state index is 5.96. The molecule has 2 aromatic carbocycles. The highest BCUT2D eigenvalue weighted by Gasteiger charge is 2.16. The zero-order chi connectivity index (χ0) is 11.7. The van der Waals surface area contributed by atoms with Gasteiger partial charge in [0.1, 0.15) is 5.69 Å². The molecule has 2 rings (SSSR count). The van der Waals surface area contributed by atoms with Crippen molar-refractivity contribution in [2.24, 2.45) is 0 Å². The monoisotopic (exact) mass is 218 g/mol. The number of nitrogens with two attached hydrogens (primary N) is 2. The summed E-state index contributed by atoms with van der Waals surface area (Å²) < 4.78 is 10.6. The van der Waals surface area contributed by atoms with Crippen molar-refractivity contribution in [3.8, 4) is 11.5 Å². The lowest BCUT2D eigenvalue weighted by Crippen LogP contribution is -2.02. The summed E-state index contributed by atoms with van der Waals surface area (Å²) in [6.45, 7) is 0. The Bertz CT molecular complexity index is 538. The first-order chi connectivity index (χ1) is 7.70. The third kappa shape index (κ3) is 1.31. The van der Waals surface area contributed by atoms with Gasteiger partial charge in [-0.2, -0.15) is 0 Å². The van der Waals surface area contributed by atoms with E-state index in [0.29, 0.717) is 22.9 Å². The van der Waals surface area contributed by atoms with Gasteiger partial charge in [-0.15, -0.1) is 0 Å². The molecule has 16 heavy (non-hydrogen) atoms. The molecule has 0 spiro atoms. The van der Waals surface area contributed by atoms with Gasteiger partial charge in [0.15, 0.2) is 11.5 Å². The van der Waals surface area contributed by atoms with Gasteiger partial charge in [-0.3, -0.25) is 0 Å². The predicted molar refractivity (Wildman–Crippen MR) is 65.9 cm³/mol. The number of anilines is 2. The fourth-order valence-electron chi connectivity index (χ4n) is 1.83. The van der Waals surface area contributed by atoms with Crippen LogP contribution in [0.15, 0.2) is 24.3 Å². The van der Waals surface area contributed by atoms with Crippen molar-refractivity contribution >= 4 is 22.1 Å². The first kappa shape index (κ1) is 10.4. The molecule has 0 saturated carbocycles. The van der Waals surface area contributed by atoms with E-state index in [4.69, 9.17) is 20.9 Å². The quantitative estimate of drug-likeness (QED) is 0.756. The molecule has 4 N–H and O–H groups in total. The Kier molecular flexibility index (Phi) is 2.48. The van der Waals surface area contributed by atoms with Crippen molar-refractivity contribution in [1.82, 2.24) is 0 Å². The average molecular weight is 218 g/mol. The van der Waals surface area contributed by atoms with E-state index in [1.54, 1.807) is 14.2 Å². The minimum absolute atomic E-state index is 0.415. The molecule has 0 radical (unpaired) electrons. The van der Waals surface area contributed by atoms with Gasteiger partial charge in [-0.1, -0.05) is 24.3 Å². The summed E-state index contributed by atoms with van der Waals surface area (Å²) >= 11 is 0. The third-order valence-electron chi connectivity index (χ3n) is 2.61. The Morgan fingerprint density at radius 1 is 0.812 bits per heavy atom. The second-order valence-electron chi connectivity index (χ2n) is 3.44. The fourth-order valence-corrected chi connectivity index (χ4v) is 1.83. The number of fused-ring (bicyclic) bond motifs is 1. The van der Waals surface area contributed by atoms with Gasteiger partial charge in [0.25, 0.3) is 0 Å². The number of ether oxygens (including phenoxy) is 2. The van der Waals surface area contributed by atoms with Crippen LogP contribution in [0, 0.1) is 0 Å². The standard InChI is InChI=1S/C12H14N2O2/c1-15-11-8-6-4-3-5-7(8)9(13)10(14)12(11)16-2/h3-6H,13-14H2,1-2H3. The van der Waals surface area contributed by atoms with Crippen molar-refractivity contribution in [1.29, 1.82) is 0 Å². The largest absolute Gasteiger partial charge is 0.492 e. The normalized spacial score (nSPS) is 10.4. The van der Waals surface area contributed by atoms with Crippen LogP contribution in [0.4, 0.5) is 11.4 Å². The molecule has 0 saturated heterocycles. The Morgan fingerprint density at radius 2 is 1.38 bits per heavy atom. The molecule has 0 bridgehead atoms. The second-order valence-corrected chi connectivity index (χ2v) is 3.44. The maximum Gasteiger partial charge on any atom is 0.186 e. The maximum absolute atomic E-state index is 5.96. The van der Waals surface area contributed by atoms with Crippen molar-refractivity contribution in [2.45, 2.75) is 0 Å². The molecule has 0 aliphatic heterocycles. The lowest BCUT2D eigenvalue weighted by Gasteiger charge is -2.15. The summed E-state index contributed by atoms with van der Waals surface area (Å²) in [6.07, 6.45) is 0. The molecular formula is C12H14N2O2. The zero-order valence-corrected chi connectivity index (χ0v) is 9.28. The molecule has 0 unspecified atom stereocenters. The summed E-state index contributed by atoms with van der Waals surface area (Å²) in [5.41, 5.74) is 12.8. The predicted octanol–water partition coefficient (Wildman–Crippen LogP) is 2.02. The van der Waals surface area contributed by atoms with Gasteiger partial charge in [-0.25, -0.2) is 0 Å². The Hall–Kier alpha value is -2.10. The third-order valence-corrected chi connectivity index (χ3v) is 2.61. The van der Waals surface area contributed by atoms with E-state index in [1.165, 1.54) is 0 Å². The van der Waals surface area contributed by atoms with Crippen LogP contribution in [-0.2, 0) is 0 Å². The first-order valence-electron chi connectivity index (χ1n) is 4.88. The number of hydrogen-bond acceptors (Lipinski definition) is 4. The van der Waals surface area contributed by atoms with Gasteiger partial charge < -0.3 is 20.9 Å². The van der Waals surface area contributed by atoms with Gasteiger partial charge in [-0.05, 0) is 0 Å². The molecule has 0 heterocycles. The van der Waals surface area contributed by atoms with Gasteiger partial charge in [0, 0.05) is 10.8 Å². The SMILES string of the molecule is COc1c(N)c(N)c2ccccc2c1OC. The van der Waals surface area contributed by atoms with Crippen LogP contribution < -0.4 is 20.9 Å². The summed E-state index contributed by atoms with van der Waals surface area (Å²) in [7, 11) is 3.13. The van der Waals surface area contributed by atoms with Crippen LogP contribution in [0.2, 0.25) is 0 Å². The van der Waals surface area contributed by atoms with E-state index in [1.807, 2.05) is 24.3 Å². The Morgan fingerprint density at radius 3 is 1.94 bits per heavy atom. The molecule has 2 aromatic rings. The van der Waals surface area contributed by atoms with Crippen molar-refractivity contribution in [2.75, 3.05) is 25.7 Å². The summed E-state index contributed by atoms with van der Waals surface area (Å²) in [6, 6.07) is 7.65. The summed E-state index contributed by atoms with van der Waals surface area (Å²) in [4.78, 5) is 0. The number of hydrogen-bond donors (Lipinski definition) is 2. The highest BCUT2D eigenvalue weighted by molar-refractivity contribution is 6.05. The molecule has 0 aliphatic carbocycles. The van der Waals surface area contributed by atoms with Gasteiger partial charge in [0.2, 0.25) is 0 Å². The van der Waals surface area contributed by atoms with E-state index in [9.17, 15) is 0 Å². The fraction of sp³-hybridized carbons (Fsp3) is 0.167. The van der Waals surface area contributed by atoms with Crippen molar-refractivity contribution in [3.63, 3.8) is 0 Å². The molecule has 4 nitrogen and oxygen atoms in total. The van der Waals surface area contributed by atoms with E-state index in [-0.39, 0.29) is 0 Å². The van der Waals surface area contributed by atoms with Crippen molar-refractivity contribution < 1.29 is 9.47 Å². The number of benzene rings is 2. The Balaban J connectivity index is 2.94. The molecule has 0 aromatic heterocycles. The highest BCUT2D eigenvalue weighted by Crippen LogP contribution is 2.44. The van der Waals surface area contributed by atoms with Crippen LogP contribution in [0.25, 0.3) is 10.8 Å². The van der Waals surface area contributed by atoms with E-state index >= 15 is 0 Å². The lowest BCUT2D eigenvalue weighted by molar-refractivity contribution is 0.360. The Labute approximate surface area is 93.7 Å². The van der Waals surface area contributed by atoms with Gasteiger partial charge in [0.05, 0.1) is 19.9 Å². The molecule has 84 valence electrons. The molecule has 0 aliphatic rings. The highest BCUT2D eigenvalue weighted by atomic mass is 16.5. The van der Waals surface area contributed by atoms with E-state index in [2.05, 4.69) is 0 Å². The van der Waals surface area contributed by atoms with Crippen LogP contribution >= 0.6 is 0 Å². The smallest absolute Gasteiger partial charge is 0.186 e. The summed E-state index contributed by atoms with van der Waals surface area (Å²) in [5, 5.41) is 1.77. The number of nitrogen functional groups attached to an aromatic ring is 2. The number of rotatable bonds is 2. The van der Waals surface area contributed by atoms with Gasteiger partial charge >= 0.3 is 0 Å². The van der Waals surface area contributed by atoms with Crippen LogP contribution in [0.5, 0.6) is 11.5 Å². The van der Waals surface area contributed by atoms with Crippen LogP contribution in [0.1, 0.15) is 0 Å². The van der Waals surface area contributed by atoms with Crippen molar-refractivity contribution in [3.05, 3.63) is 24.3 Å². The lowest BCUT2D eigenvalue weighted by atomic mass is 10.1. The zero-order valence-electron chi connectivity index (χ0n) is 9.28. The molecular weight excluding hydrogens is 204 g/mol. The molecule has 0 amide bonds. The van der Waals surface area contributed by atoms with Crippen LogP contribution in [0.3, 0.4) is 0 Å². The average Bonchev–Trinajstić information content (AvgIpc) is 2.33. The van der Waals surface area contributed by atoms with E-state index < -0.39 is 0 Å². The van der Waals surface area contributed by atoms with E-state index in [0.717, 1.165) is 10.8 Å². The first-order valence-corrected chi connectivity index (χ1v) is 4.88. The van der Waals surface area contributed by atoms with Crippen LogP contribution in [-0.4, -0.2) is 14.2 Å². The topological polar surface area (TPSA) is 70.5 Å². The second kappa shape index (κ2) is 3.81. The minimum Gasteiger partial charge on any atom is -0.492 e.